The minimum absolute atomic E-state index is 0.0708. The molecule has 1 aromatic heterocycles. The molecule has 23 heavy (non-hydrogen) atoms. The normalized spacial score (nSPS) is 10.5. The van der Waals surface area contributed by atoms with Crippen molar-refractivity contribution in [1.29, 1.82) is 0 Å². The Balaban J connectivity index is 1.98. The van der Waals surface area contributed by atoms with Crippen molar-refractivity contribution < 1.29 is 9.66 Å². The molecular formula is C15H13BrN4O3. The van der Waals surface area contributed by atoms with Crippen LogP contribution in [0.4, 0.5) is 11.5 Å². The number of hydrogen-bond donors (Lipinski definition) is 1. The predicted molar refractivity (Wildman–Crippen MR) is 91.9 cm³/mol. The van der Waals surface area contributed by atoms with E-state index in [2.05, 4.69) is 38.0 Å². The van der Waals surface area contributed by atoms with Crippen molar-refractivity contribution >= 4 is 33.6 Å². The number of ether oxygens (including phenoxy) is 1. The van der Waals surface area contributed by atoms with Crippen molar-refractivity contribution in [3.8, 4) is 5.75 Å². The molecule has 0 fully saturated rings. The van der Waals surface area contributed by atoms with Crippen LogP contribution in [0.2, 0.25) is 0 Å². The molecule has 0 aliphatic heterocycles. The van der Waals surface area contributed by atoms with Crippen LogP contribution in [0.3, 0.4) is 0 Å². The van der Waals surface area contributed by atoms with Crippen LogP contribution in [0, 0.1) is 10.1 Å². The third-order valence-electron chi connectivity index (χ3n) is 2.66. The van der Waals surface area contributed by atoms with Crippen molar-refractivity contribution in [1.82, 2.24) is 4.98 Å². The smallest absolute Gasteiger partial charge is 0.287 e. The minimum Gasteiger partial charge on any atom is -0.488 e. The van der Waals surface area contributed by atoms with Crippen LogP contribution in [0.25, 0.3) is 0 Å². The highest BCUT2D eigenvalue weighted by atomic mass is 79.9. The second kappa shape index (κ2) is 8.04. The summed E-state index contributed by atoms with van der Waals surface area (Å²) >= 11 is 3.42. The Hall–Kier alpha value is -2.74. The van der Waals surface area contributed by atoms with Gasteiger partial charge in [0, 0.05) is 6.07 Å². The lowest BCUT2D eigenvalue weighted by atomic mass is 10.2. The molecular weight excluding hydrogens is 364 g/mol. The Labute approximate surface area is 141 Å². The molecule has 7 nitrogen and oxygen atoms in total. The summed E-state index contributed by atoms with van der Waals surface area (Å²) in [6.07, 6.45) is 4.44. The zero-order valence-electron chi connectivity index (χ0n) is 12.0. The zero-order valence-corrected chi connectivity index (χ0v) is 13.6. The topological polar surface area (TPSA) is 89.6 Å². The second-order valence-electron chi connectivity index (χ2n) is 4.32. The molecule has 0 unspecified atom stereocenters. The zero-order chi connectivity index (χ0) is 16.7. The van der Waals surface area contributed by atoms with Gasteiger partial charge in [-0.15, -0.1) is 0 Å². The van der Waals surface area contributed by atoms with Gasteiger partial charge in [-0.1, -0.05) is 12.7 Å². The molecule has 0 saturated carbocycles. The molecule has 1 aromatic carbocycles. The second-order valence-corrected chi connectivity index (χ2v) is 5.17. The van der Waals surface area contributed by atoms with Gasteiger partial charge in [-0.3, -0.25) is 15.5 Å². The van der Waals surface area contributed by atoms with Gasteiger partial charge in [-0.05, 0) is 45.8 Å². The molecule has 118 valence electrons. The van der Waals surface area contributed by atoms with E-state index in [0.29, 0.717) is 18.2 Å². The average molecular weight is 377 g/mol. The Kier molecular flexibility index (Phi) is 5.81. The van der Waals surface area contributed by atoms with Gasteiger partial charge in [0.2, 0.25) is 0 Å². The Morgan fingerprint density at radius 3 is 2.87 bits per heavy atom. The number of hydrazone groups is 1. The fourth-order valence-corrected chi connectivity index (χ4v) is 2.11. The molecule has 1 N–H and O–H groups in total. The largest absolute Gasteiger partial charge is 0.488 e. The van der Waals surface area contributed by atoms with Crippen LogP contribution in [0.15, 0.2) is 58.8 Å². The van der Waals surface area contributed by atoms with E-state index in [-0.39, 0.29) is 5.69 Å². The summed E-state index contributed by atoms with van der Waals surface area (Å²) in [6, 6.07) is 8.36. The summed E-state index contributed by atoms with van der Waals surface area (Å²) in [5, 5.41) is 14.6. The van der Waals surface area contributed by atoms with Gasteiger partial charge < -0.3 is 4.74 Å². The third kappa shape index (κ3) is 4.89. The summed E-state index contributed by atoms with van der Waals surface area (Å²) in [5.74, 6) is 1.13. The fourth-order valence-electron chi connectivity index (χ4n) is 1.60. The number of halogens is 1. The maximum absolute atomic E-state index is 10.5. The number of nitro groups is 1. The highest BCUT2D eigenvalue weighted by molar-refractivity contribution is 9.10. The number of rotatable bonds is 7. The lowest BCUT2D eigenvalue weighted by Crippen LogP contribution is -1.96. The Morgan fingerprint density at radius 1 is 1.43 bits per heavy atom. The number of hydrogen-bond acceptors (Lipinski definition) is 6. The van der Waals surface area contributed by atoms with Crippen molar-refractivity contribution in [2.45, 2.75) is 0 Å². The predicted octanol–water partition coefficient (Wildman–Crippen LogP) is 3.76. The fraction of sp³-hybridized carbons (Fsp3) is 0.0667. The molecule has 0 radical (unpaired) electrons. The first-order valence-corrected chi connectivity index (χ1v) is 7.32. The van der Waals surface area contributed by atoms with Crippen LogP contribution in [0.1, 0.15) is 5.56 Å². The van der Waals surface area contributed by atoms with E-state index in [1.165, 1.54) is 18.3 Å². The number of nitrogens with one attached hydrogen (secondary N) is 1. The highest BCUT2D eigenvalue weighted by Crippen LogP contribution is 2.25. The number of nitrogens with zero attached hydrogens (tertiary/aromatic N) is 3. The lowest BCUT2D eigenvalue weighted by Gasteiger charge is -2.06. The summed E-state index contributed by atoms with van der Waals surface area (Å²) in [6.45, 7) is 4.02. The molecule has 2 aromatic rings. The molecule has 0 atom stereocenters. The molecule has 0 spiro atoms. The average Bonchev–Trinajstić information content (AvgIpc) is 2.54. The van der Waals surface area contributed by atoms with E-state index in [9.17, 15) is 10.1 Å². The monoisotopic (exact) mass is 376 g/mol. The third-order valence-corrected chi connectivity index (χ3v) is 3.28. The maximum atomic E-state index is 10.5. The summed E-state index contributed by atoms with van der Waals surface area (Å²) in [5.41, 5.74) is 3.48. The standard InChI is InChI=1S/C15H13BrN4O3/c1-2-7-23-14-5-3-11(8-13(14)16)9-18-19-15-6-4-12(10-17-15)20(21)22/h2-6,8-10H,1,7H2,(H,17,19)/b18-9-. The van der Waals surface area contributed by atoms with Gasteiger partial charge in [0.25, 0.3) is 5.69 Å². The highest BCUT2D eigenvalue weighted by Gasteiger charge is 2.04. The van der Waals surface area contributed by atoms with Crippen LogP contribution in [0.5, 0.6) is 5.75 Å². The molecule has 2 rings (SSSR count). The summed E-state index contributed by atoms with van der Waals surface area (Å²) < 4.78 is 6.26. The quantitative estimate of drug-likeness (QED) is 0.343. The van der Waals surface area contributed by atoms with E-state index in [0.717, 1.165) is 10.0 Å². The molecule has 0 aliphatic carbocycles. The maximum Gasteiger partial charge on any atom is 0.287 e. The van der Waals surface area contributed by atoms with Gasteiger partial charge in [0.05, 0.1) is 15.6 Å². The van der Waals surface area contributed by atoms with Crippen LogP contribution in [-0.2, 0) is 0 Å². The molecule has 0 bridgehead atoms. The SMILES string of the molecule is C=CCOc1ccc(/C=N\Nc2ccc([N+](=O)[O-])cn2)cc1Br. The molecule has 1 heterocycles. The van der Waals surface area contributed by atoms with E-state index >= 15 is 0 Å². The van der Waals surface area contributed by atoms with Gasteiger partial charge >= 0.3 is 0 Å². The van der Waals surface area contributed by atoms with E-state index in [4.69, 9.17) is 4.74 Å². The Morgan fingerprint density at radius 2 is 2.26 bits per heavy atom. The number of benzene rings is 1. The first kappa shape index (κ1) is 16.6. The van der Waals surface area contributed by atoms with Crippen molar-refractivity contribution in [2.24, 2.45) is 5.10 Å². The summed E-state index contributed by atoms with van der Waals surface area (Å²) in [4.78, 5) is 13.9. The first-order valence-electron chi connectivity index (χ1n) is 6.53. The lowest BCUT2D eigenvalue weighted by molar-refractivity contribution is -0.385. The molecule has 8 heteroatoms. The molecule has 0 aliphatic rings. The van der Waals surface area contributed by atoms with Gasteiger partial charge in [0.1, 0.15) is 24.4 Å². The van der Waals surface area contributed by atoms with Crippen molar-refractivity contribution in [2.75, 3.05) is 12.0 Å². The molecule has 0 amide bonds. The van der Waals surface area contributed by atoms with Crippen molar-refractivity contribution in [3.63, 3.8) is 0 Å². The van der Waals surface area contributed by atoms with Crippen LogP contribution in [-0.4, -0.2) is 22.7 Å². The van der Waals surface area contributed by atoms with Gasteiger partial charge in [-0.2, -0.15) is 5.10 Å². The van der Waals surface area contributed by atoms with Gasteiger partial charge in [0.15, 0.2) is 0 Å². The van der Waals surface area contributed by atoms with Gasteiger partial charge in [-0.25, -0.2) is 4.98 Å². The minimum atomic E-state index is -0.506. The number of pyridine rings is 1. The molecule has 0 saturated heterocycles. The van der Waals surface area contributed by atoms with Crippen LogP contribution < -0.4 is 10.2 Å². The first-order chi connectivity index (χ1) is 11.1. The van der Waals surface area contributed by atoms with E-state index in [1.807, 2.05) is 18.2 Å². The summed E-state index contributed by atoms with van der Waals surface area (Å²) in [7, 11) is 0. The van der Waals surface area contributed by atoms with E-state index in [1.54, 1.807) is 12.3 Å². The van der Waals surface area contributed by atoms with Crippen LogP contribution >= 0.6 is 15.9 Å². The number of aromatic nitrogens is 1. The Bertz CT molecular complexity index is 732. The van der Waals surface area contributed by atoms with Crippen molar-refractivity contribution in [3.05, 3.63) is 69.3 Å². The van der Waals surface area contributed by atoms with E-state index < -0.39 is 4.92 Å². The number of anilines is 1.